The van der Waals surface area contributed by atoms with Gasteiger partial charge in [0.25, 0.3) is 0 Å². The van der Waals surface area contributed by atoms with Crippen molar-refractivity contribution in [2.75, 3.05) is 0 Å². The van der Waals surface area contributed by atoms with E-state index in [4.69, 9.17) is 0 Å². The van der Waals surface area contributed by atoms with Gasteiger partial charge in [-0.3, -0.25) is 9.97 Å². The fourth-order valence-electron chi connectivity index (χ4n) is 3.64. The van der Waals surface area contributed by atoms with Crippen LogP contribution in [0.2, 0.25) is 0 Å². The number of pyridine rings is 2. The van der Waals surface area contributed by atoms with Gasteiger partial charge in [0.1, 0.15) is 23.0 Å². The molecule has 1 N–H and O–H groups in total. The van der Waals surface area contributed by atoms with Crippen LogP contribution in [0.5, 0.6) is 0 Å². The van der Waals surface area contributed by atoms with Gasteiger partial charge in [-0.15, -0.1) is 29.7 Å². The highest BCUT2D eigenvalue weighted by Gasteiger charge is 2.19. The molecule has 0 aliphatic rings. The summed E-state index contributed by atoms with van der Waals surface area (Å²) < 4.78 is 3.14. The Balaban J connectivity index is 1.71. The quantitative estimate of drug-likeness (QED) is 0.475. The molecular formula is C21H16N10. The highest BCUT2D eigenvalue weighted by atomic mass is 15.5. The van der Waals surface area contributed by atoms with Crippen molar-refractivity contribution in [1.29, 1.82) is 0 Å². The molecule has 0 saturated heterocycles. The summed E-state index contributed by atoms with van der Waals surface area (Å²) in [6.07, 6.45) is 5.49. The topological polar surface area (TPSA) is 115 Å². The van der Waals surface area contributed by atoms with Crippen molar-refractivity contribution in [3.05, 3.63) is 71.2 Å². The van der Waals surface area contributed by atoms with Crippen LogP contribution in [0.25, 0.3) is 40.1 Å². The Bertz CT molecular complexity index is 1590. The smallest absolute Gasteiger partial charge is 0.185 e. The third-order valence-electron chi connectivity index (χ3n) is 4.94. The predicted molar refractivity (Wildman–Crippen MR) is 113 cm³/mol. The van der Waals surface area contributed by atoms with Crippen LogP contribution in [0.15, 0.2) is 48.8 Å². The molecular weight excluding hydrogens is 392 g/mol. The third kappa shape index (κ3) is 2.76. The lowest BCUT2D eigenvalue weighted by Gasteiger charge is -1.98. The summed E-state index contributed by atoms with van der Waals surface area (Å²) in [5, 5.41) is 19.0. The van der Waals surface area contributed by atoms with Crippen LogP contribution in [0, 0.1) is 13.8 Å². The van der Waals surface area contributed by atoms with Crippen molar-refractivity contribution < 1.29 is 0 Å². The van der Waals surface area contributed by atoms with Crippen LogP contribution in [-0.2, 0) is 0 Å². The van der Waals surface area contributed by atoms with Gasteiger partial charge in [0.2, 0.25) is 0 Å². The van der Waals surface area contributed by atoms with E-state index in [0.717, 1.165) is 33.6 Å². The molecule has 0 aliphatic carbocycles. The zero-order valence-corrected chi connectivity index (χ0v) is 16.7. The number of nitrogens with zero attached hydrogens (tertiary/aromatic N) is 9. The number of hydrogen-bond acceptors (Lipinski definition) is 7. The van der Waals surface area contributed by atoms with E-state index in [1.807, 2.05) is 56.3 Å². The molecule has 10 heteroatoms. The van der Waals surface area contributed by atoms with Crippen molar-refractivity contribution in [3.63, 3.8) is 0 Å². The monoisotopic (exact) mass is 408 g/mol. The fourth-order valence-corrected chi connectivity index (χ4v) is 3.64. The number of aromatic nitrogens is 10. The van der Waals surface area contributed by atoms with Crippen molar-refractivity contribution in [1.82, 2.24) is 49.6 Å². The maximum absolute atomic E-state index is 4.67. The molecule has 0 bridgehead atoms. The molecule has 0 atom stereocenters. The number of H-pyrrole nitrogens is 1. The van der Waals surface area contributed by atoms with E-state index in [1.165, 1.54) is 0 Å². The van der Waals surface area contributed by atoms with Gasteiger partial charge in [0.15, 0.2) is 11.3 Å². The van der Waals surface area contributed by atoms with E-state index in [1.54, 1.807) is 21.7 Å². The molecule has 6 aromatic heterocycles. The van der Waals surface area contributed by atoms with Gasteiger partial charge in [0.05, 0.1) is 16.6 Å². The number of rotatable bonds is 3. The minimum atomic E-state index is 0.646. The number of hydrogen-bond donors (Lipinski definition) is 1. The first-order valence-corrected chi connectivity index (χ1v) is 9.71. The van der Waals surface area contributed by atoms with Crippen molar-refractivity contribution in [2.45, 2.75) is 13.8 Å². The number of fused-ring (bicyclic) bond motifs is 2. The van der Waals surface area contributed by atoms with Crippen molar-refractivity contribution in [3.8, 4) is 22.8 Å². The summed E-state index contributed by atoms with van der Waals surface area (Å²) in [6, 6.07) is 11.4. The molecule has 0 aliphatic heterocycles. The number of aromatic amines is 1. The molecule has 10 nitrogen and oxygen atoms in total. The zero-order chi connectivity index (χ0) is 20.9. The van der Waals surface area contributed by atoms with Crippen LogP contribution in [0.1, 0.15) is 17.2 Å². The Morgan fingerprint density at radius 3 is 2.23 bits per heavy atom. The van der Waals surface area contributed by atoms with Crippen molar-refractivity contribution >= 4 is 17.4 Å². The lowest BCUT2D eigenvalue weighted by Crippen LogP contribution is -2.05. The Hall–Kier alpha value is -4.47. The summed E-state index contributed by atoms with van der Waals surface area (Å²) in [6.45, 7) is 3.73. The highest BCUT2D eigenvalue weighted by molar-refractivity contribution is 5.82. The molecule has 150 valence electrons. The second kappa shape index (κ2) is 6.52. The maximum Gasteiger partial charge on any atom is 0.185 e. The summed E-state index contributed by atoms with van der Waals surface area (Å²) in [5.74, 6) is 1.41. The molecule has 0 fully saturated rings. The molecule has 0 saturated carbocycles. The second-order valence-corrected chi connectivity index (χ2v) is 7.12. The lowest BCUT2D eigenvalue weighted by atomic mass is 10.1. The normalized spacial score (nSPS) is 12.4. The average Bonchev–Trinajstić information content (AvgIpc) is 3.50. The lowest BCUT2D eigenvalue weighted by molar-refractivity contribution is 0.808. The Kier molecular flexibility index (Phi) is 3.66. The Morgan fingerprint density at radius 1 is 0.806 bits per heavy atom. The first-order valence-electron chi connectivity index (χ1n) is 9.71. The number of aryl methyl sites for hydroxylation is 2. The first kappa shape index (κ1) is 17.4. The minimum absolute atomic E-state index is 0.646. The van der Waals surface area contributed by atoms with Gasteiger partial charge in [-0.05, 0) is 44.2 Å². The molecule has 0 radical (unpaired) electrons. The van der Waals surface area contributed by atoms with E-state index in [0.29, 0.717) is 22.9 Å². The average molecular weight is 408 g/mol. The van der Waals surface area contributed by atoms with E-state index in [-0.39, 0.29) is 0 Å². The minimum Gasteiger partial charge on any atom is -0.325 e. The second-order valence-electron chi connectivity index (χ2n) is 7.12. The van der Waals surface area contributed by atoms with E-state index in [2.05, 4.69) is 40.3 Å². The van der Waals surface area contributed by atoms with Crippen LogP contribution in [0.4, 0.5) is 0 Å². The predicted octanol–water partition coefficient (Wildman–Crippen LogP) is 1.78. The fraction of sp³-hybridized carbons (Fsp3) is 0.0952. The van der Waals surface area contributed by atoms with Gasteiger partial charge in [-0.2, -0.15) is 0 Å². The van der Waals surface area contributed by atoms with Gasteiger partial charge in [-0.1, -0.05) is 12.1 Å². The highest BCUT2D eigenvalue weighted by Crippen LogP contribution is 2.25. The summed E-state index contributed by atoms with van der Waals surface area (Å²) in [5.41, 5.74) is 5.15. The van der Waals surface area contributed by atoms with Crippen LogP contribution >= 0.6 is 0 Å². The molecule has 6 rings (SSSR count). The molecule has 0 unspecified atom stereocenters. The van der Waals surface area contributed by atoms with E-state index in [9.17, 15) is 0 Å². The molecule has 6 heterocycles. The molecule has 0 aromatic carbocycles. The van der Waals surface area contributed by atoms with Gasteiger partial charge >= 0.3 is 0 Å². The first-order chi connectivity index (χ1) is 15.2. The van der Waals surface area contributed by atoms with E-state index >= 15 is 0 Å². The summed E-state index contributed by atoms with van der Waals surface area (Å²) >= 11 is 0. The summed E-state index contributed by atoms with van der Waals surface area (Å²) in [7, 11) is 0. The van der Waals surface area contributed by atoms with Crippen LogP contribution in [-0.4, -0.2) is 49.6 Å². The third-order valence-corrected chi connectivity index (χ3v) is 4.94. The molecule has 0 spiro atoms. The van der Waals surface area contributed by atoms with Crippen LogP contribution in [0.3, 0.4) is 0 Å². The summed E-state index contributed by atoms with van der Waals surface area (Å²) in [4.78, 5) is 16.8. The molecule has 31 heavy (non-hydrogen) atoms. The SMILES string of the molecule is Cc1nc2/c(=C\c3c(-c4ccccn4)nn4nc(C)[nH]c34)c(-c3ccccn3)nn2n1. The molecule has 6 aromatic rings. The van der Waals surface area contributed by atoms with Crippen LogP contribution < -0.4 is 5.22 Å². The standard InChI is InChI=1S/C21H16N10/c1-12-24-20-14(18(28-30(20)26-12)16-7-3-5-9-22-16)11-15-19(17-8-4-6-10-23-17)29-31-21(15)25-13(2)27-31/h3-11H,1-2H3,(H,24,26)/b15-11-. The number of nitrogens with one attached hydrogen (secondary N) is 1. The van der Waals surface area contributed by atoms with E-state index < -0.39 is 0 Å². The Labute approximate surface area is 175 Å². The van der Waals surface area contributed by atoms with Crippen molar-refractivity contribution in [2.24, 2.45) is 0 Å². The Morgan fingerprint density at radius 2 is 1.52 bits per heavy atom. The largest absolute Gasteiger partial charge is 0.325 e. The van der Waals surface area contributed by atoms with Gasteiger partial charge in [-0.25, -0.2) is 4.98 Å². The van der Waals surface area contributed by atoms with Gasteiger partial charge < -0.3 is 4.98 Å². The zero-order valence-electron chi connectivity index (χ0n) is 16.7. The maximum atomic E-state index is 4.67. The van der Waals surface area contributed by atoms with Gasteiger partial charge in [0, 0.05) is 18.0 Å². The molecule has 0 amide bonds.